The van der Waals surface area contributed by atoms with E-state index in [4.69, 9.17) is 9.47 Å². The number of carbonyl (C=O) groups is 2. The molecule has 0 fully saturated rings. The number of hydrogen-bond donors (Lipinski definition) is 2. The summed E-state index contributed by atoms with van der Waals surface area (Å²) in [6, 6.07) is 20.6. The van der Waals surface area contributed by atoms with E-state index in [-0.39, 0.29) is 35.2 Å². The van der Waals surface area contributed by atoms with Gasteiger partial charge in [0.2, 0.25) is 10.0 Å². The predicted molar refractivity (Wildman–Crippen MR) is 139 cm³/mol. The van der Waals surface area contributed by atoms with Crippen LogP contribution in [0.3, 0.4) is 0 Å². The van der Waals surface area contributed by atoms with Crippen LogP contribution < -0.4 is 24.4 Å². The van der Waals surface area contributed by atoms with Crippen LogP contribution in [-0.4, -0.2) is 46.5 Å². The van der Waals surface area contributed by atoms with Crippen molar-refractivity contribution in [3.8, 4) is 11.5 Å². The zero-order chi connectivity index (χ0) is 26.4. The van der Waals surface area contributed by atoms with Gasteiger partial charge in [0.25, 0.3) is 11.8 Å². The molecule has 4 rings (SSSR count). The first-order valence-corrected chi connectivity index (χ1v) is 13.4. The summed E-state index contributed by atoms with van der Waals surface area (Å²) in [5.41, 5.74) is 1.56. The van der Waals surface area contributed by atoms with Gasteiger partial charge < -0.3 is 19.7 Å². The van der Waals surface area contributed by atoms with E-state index >= 15 is 0 Å². The van der Waals surface area contributed by atoms with Crippen molar-refractivity contribution in [2.75, 3.05) is 25.1 Å². The number of methoxy groups -OCH3 is 1. The third kappa shape index (κ3) is 5.92. The fourth-order valence-corrected chi connectivity index (χ4v) is 5.28. The van der Waals surface area contributed by atoms with Gasteiger partial charge in [-0.2, -0.15) is 0 Å². The van der Waals surface area contributed by atoms with Crippen LogP contribution in [-0.2, 0) is 21.4 Å². The second-order valence-electron chi connectivity index (χ2n) is 8.46. The first-order valence-electron chi connectivity index (χ1n) is 11.9. The largest absolute Gasteiger partial charge is 0.495 e. The maximum absolute atomic E-state index is 13.7. The molecule has 0 aliphatic carbocycles. The molecule has 0 bridgehead atoms. The second-order valence-corrected chi connectivity index (χ2v) is 10.2. The van der Waals surface area contributed by atoms with Crippen molar-refractivity contribution in [3.05, 3.63) is 83.9 Å². The fourth-order valence-electron chi connectivity index (χ4n) is 3.95. The van der Waals surface area contributed by atoms with Crippen molar-refractivity contribution in [2.24, 2.45) is 0 Å². The summed E-state index contributed by atoms with van der Waals surface area (Å²) in [7, 11) is -2.54. The third-order valence-corrected chi connectivity index (χ3v) is 7.35. The molecule has 194 valence electrons. The van der Waals surface area contributed by atoms with Crippen LogP contribution in [0.1, 0.15) is 29.3 Å². The van der Waals surface area contributed by atoms with Crippen molar-refractivity contribution in [1.29, 1.82) is 0 Å². The van der Waals surface area contributed by atoms with Gasteiger partial charge in [-0.3, -0.25) is 9.59 Å². The average molecular weight is 524 g/mol. The molecular weight excluding hydrogens is 494 g/mol. The molecule has 0 saturated carbocycles. The summed E-state index contributed by atoms with van der Waals surface area (Å²) < 4.78 is 39.4. The summed E-state index contributed by atoms with van der Waals surface area (Å²) in [6.07, 6.45) is -0.339. The maximum Gasteiger partial charge on any atom is 0.263 e. The van der Waals surface area contributed by atoms with Crippen LogP contribution in [0.25, 0.3) is 0 Å². The fraction of sp³-hybridized carbons (Fsp3) is 0.259. The lowest BCUT2D eigenvalue weighted by Crippen LogP contribution is -2.50. The zero-order valence-corrected chi connectivity index (χ0v) is 21.5. The van der Waals surface area contributed by atoms with Gasteiger partial charge in [-0.05, 0) is 42.3 Å². The van der Waals surface area contributed by atoms with Crippen LogP contribution in [0.15, 0.2) is 77.7 Å². The molecule has 0 aromatic heterocycles. The Hall–Kier alpha value is -3.89. The summed E-state index contributed by atoms with van der Waals surface area (Å²) in [5, 5.41) is 2.86. The molecule has 0 radical (unpaired) electrons. The Balaban J connectivity index is 1.61. The van der Waals surface area contributed by atoms with Gasteiger partial charge in [-0.1, -0.05) is 49.4 Å². The lowest BCUT2D eigenvalue weighted by molar-refractivity contribution is -0.128. The molecule has 0 spiro atoms. The molecule has 1 heterocycles. The molecule has 0 saturated heterocycles. The van der Waals surface area contributed by atoms with Gasteiger partial charge in [-0.25, -0.2) is 13.1 Å². The molecule has 1 atom stereocenters. The van der Waals surface area contributed by atoms with Crippen molar-refractivity contribution in [2.45, 2.75) is 30.9 Å². The normalized spacial score (nSPS) is 14.9. The Labute approximate surface area is 216 Å². The first kappa shape index (κ1) is 26.2. The minimum absolute atomic E-state index is 0.0430. The van der Waals surface area contributed by atoms with Gasteiger partial charge in [0.1, 0.15) is 16.4 Å². The van der Waals surface area contributed by atoms with E-state index in [2.05, 4.69) is 10.0 Å². The van der Waals surface area contributed by atoms with E-state index < -0.39 is 22.0 Å². The van der Waals surface area contributed by atoms with Crippen molar-refractivity contribution in [3.63, 3.8) is 0 Å². The van der Waals surface area contributed by atoms with Crippen molar-refractivity contribution >= 4 is 27.5 Å². The summed E-state index contributed by atoms with van der Waals surface area (Å²) in [6.45, 7) is 2.38. The summed E-state index contributed by atoms with van der Waals surface area (Å²) in [5.74, 6) is -0.322. The number of para-hydroxylation sites is 2. The van der Waals surface area contributed by atoms with E-state index in [1.165, 1.54) is 30.2 Å². The number of nitrogens with zero attached hydrogens (tertiary/aromatic N) is 1. The number of sulfonamides is 1. The quantitative estimate of drug-likeness (QED) is 0.446. The molecule has 1 unspecified atom stereocenters. The molecule has 3 aromatic carbocycles. The van der Waals surface area contributed by atoms with Gasteiger partial charge in [0, 0.05) is 18.7 Å². The van der Waals surface area contributed by atoms with Crippen molar-refractivity contribution in [1.82, 2.24) is 10.0 Å². The first-order chi connectivity index (χ1) is 17.8. The standard InChI is InChI=1S/C27H29N3O6S/c1-3-15-29-37(33,34)25-16-20(13-14-23(25)35-2)27(32)30-18-24(36-22-12-8-7-11-21(22)30)26(31)28-17-19-9-5-4-6-10-19/h4-14,16,24,29H,3,15,17-18H2,1-2H3,(H,28,31). The number of amides is 2. The Morgan fingerprint density at radius 3 is 2.51 bits per heavy atom. The van der Waals surface area contributed by atoms with Gasteiger partial charge >= 0.3 is 0 Å². The summed E-state index contributed by atoms with van der Waals surface area (Å²) >= 11 is 0. The number of ether oxygens (including phenoxy) is 2. The van der Waals surface area contributed by atoms with Crippen LogP contribution in [0.2, 0.25) is 0 Å². The predicted octanol–water partition coefficient (Wildman–Crippen LogP) is 3.11. The number of benzene rings is 3. The smallest absolute Gasteiger partial charge is 0.263 e. The monoisotopic (exact) mass is 523 g/mol. The van der Waals surface area contributed by atoms with Crippen LogP contribution in [0, 0.1) is 0 Å². The van der Waals surface area contributed by atoms with E-state index in [0.717, 1.165) is 5.56 Å². The zero-order valence-electron chi connectivity index (χ0n) is 20.6. The highest BCUT2D eigenvalue weighted by Gasteiger charge is 2.34. The molecule has 10 heteroatoms. The molecule has 9 nitrogen and oxygen atoms in total. The highest BCUT2D eigenvalue weighted by molar-refractivity contribution is 7.89. The molecular formula is C27H29N3O6S. The van der Waals surface area contributed by atoms with E-state index in [9.17, 15) is 18.0 Å². The second kappa shape index (κ2) is 11.4. The topological polar surface area (TPSA) is 114 Å². The SMILES string of the molecule is CCCNS(=O)(=O)c1cc(C(=O)N2CC(C(=O)NCc3ccccc3)Oc3ccccc32)ccc1OC. The van der Waals surface area contributed by atoms with Crippen LogP contribution >= 0.6 is 0 Å². The number of nitrogens with one attached hydrogen (secondary N) is 2. The Morgan fingerprint density at radius 1 is 1.05 bits per heavy atom. The molecule has 2 amide bonds. The van der Waals surface area contributed by atoms with E-state index in [1.807, 2.05) is 37.3 Å². The minimum atomic E-state index is -3.90. The number of hydrogen-bond acceptors (Lipinski definition) is 6. The highest BCUT2D eigenvalue weighted by Crippen LogP contribution is 2.35. The Bertz CT molecular complexity index is 1380. The molecule has 1 aliphatic rings. The Morgan fingerprint density at radius 2 is 1.78 bits per heavy atom. The Kier molecular flexibility index (Phi) is 8.10. The molecule has 2 N–H and O–H groups in total. The van der Waals surface area contributed by atoms with Crippen molar-refractivity contribution < 1.29 is 27.5 Å². The van der Waals surface area contributed by atoms with E-state index in [1.54, 1.807) is 24.3 Å². The number of carbonyl (C=O) groups excluding carboxylic acids is 2. The van der Waals surface area contributed by atoms with Gasteiger partial charge in [0.15, 0.2) is 6.10 Å². The lowest BCUT2D eigenvalue weighted by Gasteiger charge is -2.34. The summed E-state index contributed by atoms with van der Waals surface area (Å²) in [4.78, 5) is 28.0. The number of fused-ring (bicyclic) bond motifs is 1. The lowest BCUT2D eigenvalue weighted by atomic mass is 10.1. The maximum atomic E-state index is 13.7. The highest BCUT2D eigenvalue weighted by atomic mass is 32.2. The number of rotatable bonds is 9. The van der Waals surface area contributed by atoms with Crippen LogP contribution in [0.5, 0.6) is 11.5 Å². The molecule has 37 heavy (non-hydrogen) atoms. The van der Waals surface area contributed by atoms with Gasteiger partial charge in [0.05, 0.1) is 19.3 Å². The average Bonchev–Trinajstić information content (AvgIpc) is 2.94. The minimum Gasteiger partial charge on any atom is -0.495 e. The number of anilines is 1. The third-order valence-electron chi connectivity index (χ3n) is 5.86. The molecule has 3 aromatic rings. The molecule has 1 aliphatic heterocycles. The van der Waals surface area contributed by atoms with E-state index in [0.29, 0.717) is 24.4 Å². The van der Waals surface area contributed by atoms with Gasteiger partial charge in [-0.15, -0.1) is 0 Å². The van der Waals surface area contributed by atoms with Crippen LogP contribution in [0.4, 0.5) is 5.69 Å².